The molecule has 0 aliphatic carbocycles. The van der Waals surface area contributed by atoms with Gasteiger partial charge in [-0.3, -0.25) is 4.90 Å². The van der Waals surface area contributed by atoms with Crippen molar-refractivity contribution in [1.82, 2.24) is 4.90 Å². The van der Waals surface area contributed by atoms with Gasteiger partial charge in [-0.2, -0.15) is 0 Å². The van der Waals surface area contributed by atoms with Gasteiger partial charge in [0.15, 0.2) is 11.6 Å². The first-order valence-electron chi connectivity index (χ1n) is 5.87. The second kappa shape index (κ2) is 5.69. The third-order valence-electron chi connectivity index (χ3n) is 3.31. The maximum absolute atomic E-state index is 14.0. The molecule has 1 unspecified atom stereocenters. The fourth-order valence-corrected chi connectivity index (χ4v) is 2.68. The highest BCUT2D eigenvalue weighted by molar-refractivity contribution is 6.18. The molecule has 0 bridgehead atoms. The van der Waals surface area contributed by atoms with Crippen molar-refractivity contribution in [2.45, 2.75) is 25.4 Å². The molecule has 1 aromatic rings. The molecule has 4 heteroatoms. The van der Waals surface area contributed by atoms with Gasteiger partial charge < -0.3 is 4.74 Å². The molecule has 1 heterocycles. The Hall–Kier alpha value is -0.800. The fourth-order valence-electron chi connectivity index (χ4n) is 2.33. The molecule has 0 radical (unpaired) electrons. The lowest BCUT2D eigenvalue weighted by molar-refractivity contribution is 0.257. The fraction of sp³-hybridized carbons (Fsp3) is 0.538. The van der Waals surface area contributed by atoms with Gasteiger partial charge in [-0.1, -0.05) is 12.1 Å². The summed E-state index contributed by atoms with van der Waals surface area (Å²) in [5.74, 6) is 0.672. The maximum atomic E-state index is 14.0. The van der Waals surface area contributed by atoms with Crippen LogP contribution in [0.2, 0.25) is 0 Å². The van der Waals surface area contributed by atoms with Crippen LogP contribution in [0.1, 0.15) is 18.4 Å². The van der Waals surface area contributed by atoms with Gasteiger partial charge in [0.2, 0.25) is 0 Å². The van der Waals surface area contributed by atoms with Gasteiger partial charge in [-0.05, 0) is 25.5 Å². The predicted octanol–water partition coefficient (Wildman–Crippen LogP) is 3.04. The number of methoxy groups -OCH3 is 1. The lowest BCUT2D eigenvalue weighted by Crippen LogP contribution is -2.30. The van der Waals surface area contributed by atoms with Crippen molar-refractivity contribution in [3.05, 3.63) is 29.6 Å². The number of nitrogens with zero attached hydrogens (tertiary/aromatic N) is 1. The first-order valence-corrected chi connectivity index (χ1v) is 6.41. The molecule has 2 nitrogen and oxygen atoms in total. The molecule has 1 saturated heterocycles. The Bertz CT molecular complexity index is 386. The number of halogens is 2. The Morgan fingerprint density at radius 3 is 3.06 bits per heavy atom. The van der Waals surface area contributed by atoms with Gasteiger partial charge in [0, 0.05) is 24.0 Å². The molecule has 1 aliphatic rings. The van der Waals surface area contributed by atoms with Gasteiger partial charge >= 0.3 is 0 Å². The van der Waals surface area contributed by atoms with E-state index in [0.29, 0.717) is 29.8 Å². The van der Waals surface area contributed by atoms with Gasteiger partial charge in [0.05, 0.1) is 7.11 Å². The first-order chi connectivity index (χ1) is 8.26. The van der Waals surface area contributed by atoms with E-state index in [1.54, 1.807) is 6.07 Å². The zero-order valence-electron chi connectivity index (χ0n) is 9.96. The smallest absolute Gasteiger partial charge is 0.169 e. The molecule has 0 saturated carbocycles. The summed E-state index contributed by atoms with van der Waals surface area (Å²) >= 11 is 5.91. The number of alkyl halides is 1. The van der Waals surface area contributed by atoms with Crippen molar-refractivity contribution < 1.29 is 9.13 Å². The summed E-state index contributed by atoms with van der Waals surface area (Å²) in [5, 5.41) is 0. The average molecular weight is 258 g/mol. The number of benzene rings is 1. The summed E-state index contributed by atoms with van der Waals surface area (Å²) in [6.45, 7) is 1.61. The number of rotatable bonds is 4. The lowest BCUT2D eigenvalue weighted by atomic mass is 10.1. The highest BCUT2D eigenvalue weighted by atomic mass is 35.5. The minimum Gasteiger partial charge on any atom is -0.494 e. The Morgan fingerprint density at radius 2 is 2.35 bits per heavy atom. The standard InChI is InChI=1S/C13H17ClFNO/c1-17-12-6-2-4-10(13(12)15)9-16-7-3-5-11(16)8-14/h2,4,6,11H,3,5,7-9H2,1H3. The van der Waals surface area contributed by atoms with Crippen molar-refractivity contribution in [2.24, 2.45) is 0 Å². The minimum atomic E-state index is -0.254. The third kappa shape index (κ3) is 2.72. The molecule has 94 valence electrons. The molecule has 17 heavy (non-hydrogen) atoms. The van der Waals surface area contributed by atoms with E-state index in [1.165, 1.54) is 7.11 Å². The maximum Gasteiger partial charge on any atom is 0.169 e. The lowest BCUT2D eigenvalue weighted by Gasteiger charge is -2.23. The number of hydrogen-bond donors (Lipinski definition) is 0. The summed E-state index contributed by atoms with van der Waals surface area (Å²) in [5.41, 5.74) is 0.682. The summed E-state index contributed by atoms with van der Waals surface area (Å²) in [6, 6.07) is 5.65. The van der Waals surface area contributed by atoms with Crippen LogP contribution in [0.4, 0.5) is 4.39 Å². The van der Waals surface area contributed by atoms with Crippen LogP contribution in [0.3, 0.4) is 0 Å². The van der Waals surface area contributed by atoms with Crippen LogP contribution in [-0.4, -0.2) is 30.5 Å². The second-order valence-corrected chi connectivity index (χ2v) is 4.66. The van der Waals surface area contributed by atoms with E-state index in [9.17, 15) is 4.39 Å². The molecule has 1 atom stereocenters. The number of hydrogen-bond acceptors (Lipinski definition) is 2. The van der Waals surface area contributed by atoms with Crippen LogP contribution in [0.5, 0.6) is 5.75 Å². The van der Waals surface area contributed by atoms with E-state index in [0.717, 1.165) is 19.4 Å². The Balaban J connectivity index is 2.13. The van der Waals surface area contributed by atoms with Crippen molar-refractivity contribution in [3.8, 4) is 5.75 Å². The molecule has 1 fully saturated rings. The van der Waals surface area contributed by atoms with Crippen LogP contribution in [0, 0.1) is 5.82 Å². The van der Waals surface area contributed by atoms with Crippen LogP contribution < -0.4 is 4.74 Å². The third-order valence-corrected chi connectivity index (χ3v) is 3.67. The van der Waals surface area contributed by atoms with E-state index >= 15 is 0 Å². The molecule has 0 aromatic heterocycles. The van der Waals surface area contributed by atoms with Crippen LogP contribution in [0.25, 0.3) is 0 Å². The zero-order chi connectivity index (χ0) is 12.3. The van der Waals surface area contributed by atoms with Crippen LogP contribution >= 0.6 is 11.6 Å². The quantitative estimate of drug-likeness (QED) is 0.769. The molecule has 2 rings (SSSR count). The highest BCUT2D eigenvalue weighted by Crippen LogP contribution is 2.25. The van der Waals surface area contributed by atoms with E-state index in [-0.39, 0.29) is 5.82 Å². The second-order valence-electron chi connectivity index (χ2n) is 4.35. The van der Waals surface area contributed by atoms with Crippen molar-refractivity contribution in [3.63, 3.8) is 0 Å². The van der Waals surface area contributed by atoms with E-state index in [2.05, 4.69) is 4.90 Å². The molecular weight excluding hydrogens is 241 g/mol. The number of ether oxygens (including phenoxy) is 1. The molecule has 0 N–H and O–H groups in total. The molecular formula is C13H17ClFNO. The van der Waals surface area contributed by atoms with Crippen molar-refractivity contribution >= 4 is 11.6 Å². The van der Waals surface area contributed by atoms with E-state index in [1.807, 2.05) is 12.1 Å². The molecule has 0 spiro atoms. The van der Waals surface area contributed by atoms with Gasteiger partial charge in [0.25, 0.3) is 0 Å². The first kappa shape index (κ1) is 12.7. The molecule has 1 aromatic carbocycles. The Morgan fingerprint density at radius 1 is 1.53 bits per heavy atom. The highest BCUT2D eigenvalue weighted by Gasteiger charge is 2.24. The molecule has 1 aliphatic heterocycles. The number of likely N-dealkylation sites (tertiary alicyclic amines) is 1. The molecule has 0 amide bonds. The predicted molar refractivity (Wildman–Crippen MR) is 67.1 cm³/mol. The van der Waals surface area contributed by atoms with Gasteiger partial charge in [-0.15, -0.1) is 11.6 Å². The minimum absolute atomic E-state index is 0.254. The summed E-state index contributed by atoms with van der Waals surface area (Å²) in [4.78, 5) is 2.24. The Kier molecular flexibility index (Phi) is 4.24. The van der Waals surface area contributed by atoms with Crippen LogP contribution in [0.15, 0.2) is 18.2 Å². The Labute approximate surface area is 106 Å². The summed E-state index contributed by atoms with van der Waals surface area (Å²) < 4.78 is 19.0. The summed E-state index contributed by atoms with van der Waals surface area (Å²) in [6.07, 6.45) is 2.25. The van der Waals surface area contributed by atoms with Crippen molar-refractivity contribution in [2.75, 3.05) is 19.5 Å². The zero-order valence-corrected chi connectivity index (χ0v) is 10.7. The van der Waals surface area contributed by atoms with Gasteiger partial charge in [-0.25, -0.2) is 4.39 Å². The van der Waals surface area contributed by atoms with Crippen LogP contribution in [-0.2, 0) is 6.54 Å². The summed E-state index contributed by atoms with van der Waals surface area (Å²) in [7, 11) is 1.49. The van der Waals surface area contributed by atoms with E-state index < -0.39 is 0 Å². The monoisotopic (exact) mass is 257 g/mol. The SMILES string of the molecule is COc1cccc(CN2CCCC2CCl)c1F. The van der Waals surface area contributed by atoms with Gasteiger partial charge in [0.1, 0.15) is 0 Å². The van der Waals surface area contributed by atoms with Crippen molar-refractivity contribution in [1.29, 1.82) is 0 Å². The normalized spacial score (nSPS) is 20.8. The van der Waals surface area contributed by atoms with E-state index in [4.69, 9.17) is 16.3 Å². The average Bonchev–Trinajstić information content (AvgIpc) is 2.79. The topological polar surface area (TPSA) is 12.5 Å². The largest absolute Gasteiger partial charge is 0.494 e.